The van der Waals surface area contributed by atoms with Crippen molar-refractivity contribution in [3.63, 3.8) is 0 Å². The maximum absolute atomic E-state index is 6.66. The SMILES string of the molecule is CC1C=Cc2nc(-c3ccccc3)c3cc4oc5ccccc5c4c(-c4ccc(-c5ccc(-c6nc(-c7ccccc7)nc(-c7cccc8c7sc7ccccc78)n6)cc5)cc4)c3c2C1. The number of nitrogens with zero attached hydrogens (tertiary/aromatic N) is 4. The van der Waals surface area contributed by atoms with Crippen molar-refractivity contribution < 1.29 is 4.42 Å². The lowest BCUT2D eigenvalue weighted by molar-refractivity contribution is 0.669. The van der Waals surface area contributed by atoms with Crippen molar-refractivity contribution in [2.24, 2.45) is 5.92 Å². The molecule has 1 aliphatic rings. The second-order valence-corrected chi connectivity index (χ2v) is 18.0. The normalized spacial score (nSPS) is 13.6. The van der Waals surface area contributed by atoms with Crippen LogP contribution in [0.2, 0.25) is 0 Å². The number of para-hydroxylation sites is 1. The van der Waals surface area contributed by atoms with E-state index in [1.165, 1.54) is 36.7 Å². The average Bonchev–Trinajstić information content (AvgIpc) is 3.94. The Hall–Kier alpha value is -8.06. The van der Waals surface area contributed by atoms with Gasteiger partial charge in [0.2, 0.25) is 0 Å². The van der Waals surface area contributed by atoms with Crippen molar-refractivity contribution in [3.8, 4) is 67.7 Å². The lowest BCUT2D eigenvalue weighted by atomic mass is 9.83. The Morgan fingerprint density at radius 3 is 1.83 bits per heavy atom. The van der Waals surface area contributed by atoms with Crippen LogP contribution in [0.25, 0.3) is 127 Å². The van der Waals surface area contributed by atoms with Gasteiger partial charge in [-0.1, -0.05) is 171 Å². The van der Waals surface area contributed by atoms with Crippen molar-refractivity contribution in [1.82, 2.24) is 19.9 Å². The number of allylic oxidation sites excluding steroid dienone is 1. The Balaban J connectivity index is 0.931. The van der Waals surface area contributed by atoms with Crippen LogP contribution in [0.4, 0.5) is 0 Å². The lowest BCUT2D eigenvalue weighted by Crippen LogP contribution is -2.08. The van der Waals surface area contributed by atoms with Crippen molar-refractivity contribution in [2.45, 2.75) is 13.3 Å². The summed E-state index contributed by atoms with van der Waals surface area (Å²) in [6, 6.07) is 64.0. The largest absolute Gasteiger partial charge is 0.456 e. The molecule has 1 atom stereocenters. The van der Waals surface area contributed by atoms with E-state index in [-0.39, 0.29) is 0 Å². The topological polar surface area (TPSA) is 64.7 Å². The first-order valence-corrected chi connectivity index (χ1v) is 22.9. The van der Waals surface area contributed by atoms with Gasteiger partial charge < -0.3 is 4.42 Å². The zero-order chi connectivity index (χ0) is 43.0. The molecule has 0 N–H and O–H groups in total. The molecule has 0 aliphatic heterocycles. The van der Waals surface area contributed by atoms with Crippen LogP contribution in [0.1, 0.15) is 18.2 Å². The van der Waals surface area contributed by atoms with Crippen molar-refractivity contribution in [1.29, 1.82) is 0 Å². The number of aromatic nitrogens is 4. The molecule has 13 rings (SSSR count). The first-order chi connectivity index (χ1) is 32.1. The quantitative estimate of drug-likeness (QED) is 0.167. The van der Waals surface area contributed by atoms with Crippen LogP contribution in [0.5, 0.6) is 0 Å². The average molecular weight is 851 g/mol. The summed E-state index contributed by atoms with van der Waals surface area (Å²) in [6.07, 6.45) is 5.42. The highest BCUT2D eigenvalue weighted by molar-refractivity contribution is 7.26. The maximum Gasteiger partial charge on any atom is 0.165 e. The fourth-order valence-corrected chi connectivity index (χ4v) is 11.0. The van der Waals surface area contributed by atoms with E-state index in [1.54, 1.807) is 11.3 Å². The van der Waals surface area contributed by atoms with Gasteiger partial charge in [-0.25, -0.2) is 19.9 Å². The van der Waals surface area contributed by atoms with Gasteiger partial charge in [-0.05, 0) is 70.3 Å². The Morgan fingerprint density at radius 1 is 0.477 bits per heavy atom. The third-order valence-electron chi connectivity index (χ3n) is 12.9. The summed E-state index contributed by atoms with van der Waals surface area (Å²) < 4.78 is 9.08. The van der Waals surface area contributed by atoms with E-state index in [4.69, 9.17) is 24.4 Å². The summed E-state index contributed by atoms with van der Waals surface area (Å²) in [5, 5.41) is 7.06. The third-order valence-corrected chi connectivity index (χ3v) is 14.1. The number of pyridine rings is 1. The van der Waals surface area contributed by atoms with E-state index in [0.29, 0.717) is 23.4 Å². The Labute approximate surface area is 379 Å². The van der Waals surface area contributed by atoms with Crippen LogP contribution in [0, 0.1) is 5.92 Å². The minimum atomic E-state index is 0.398. The smallest absolute Gasteiger partial charge is 0.165 e. The molecule has 0 fully saturated rings. The number of fused-ring (bicyclic) bond motifs is 9. The van der Waals surface area contributed by atoms with Crippen LogP contribution < -0.4 is 0 Å². The van der Waals surface area contributed by atoms with E-state index < -0.39 is 0 Å². The predicted molar refractivity (Wildman–Crippen MR) is 270 cm³/mol. The summed E-state index contributed by atoms with van der Waals surface area (Å²) in [4.78, 5) is 20.7. The van der Waals surface area contributed by atoms with Gasteiger partial charge in [0.1, 0.15) is 11.2 Å². The molecule has 8 aromatic carbocycles. The molecule has 1 aliphatic carbocycles. The molecule has 0 saturated heterocycles. The predicted octanol–water partition coefficient (Wildman–Crippen LogP) is 15.9. The summed E-state index contributed by atoms with van der Waals surface area (Å²) in [7, 11) is 0. The van der Waals surface area contributed by atoms with E-state index >= 15 is 0 Å². The first kappa shape index (κ1) is 37.5. The van der Waals surface area contributed by atoms with E-state index in [1.807, 2.05) is 24.3 Å². The molecule has 1 unspecified atom stereocenters. The van der Waals surface area contributed by atoms with Crippen LogP contribution in [-0.2, 0) is 6.42 Å². The van der Waals surface area contributed by atoms with Gasteiger partial charge in [-0.3, -0.25) is 0 Å². The highest BCUT2D eigenvalue weighted by Crippen LogP contribution is 2.47. The molecular formula is C59H38N4OS. The van der Waals surface area contributed by atoms with E-state index in [9.17, 15) is 0 Å². The monoisotopic (exact) mass is 850 g/mol. The summed E-state index contributed by atoms with van der Waals surface area (Å²) >= 11 is 1.78. The Bertz CT molecular complexity index is 3850. The zero-order valence-corrected chi connectivity index (χ0v) is 36.2. The van der Waals surface area contributed by atoms with Crippen LogP contribution in [0.15, 0.2) is 192 Å². The molecule has 5 nitrogen and oxygen atoms in total. The number of rotatable bonds is 6. The van der Waals surface area contributed by atoms with E-state index in [0.717, 1.165) is 84.1 Å². The second-order valence-electron chi connectivity index (χ2n) is 17.0. The molecule has 306 valence electrons. The fourth-order valence-electron chi connectivity index (χ4n) is 9.76. The molecular weight excluding hydrogens is 813 g/mol. The maximum atomic E-state index is 6.66. The van der Waals surface area contributed by atoms with E-state index in [2.05, 4.69) is 177 Å². The zero-order valence-electron chi connectivity index (χ0n) is 35.4. The molecule has 4 heterocycles. The lowest BCUT2D eigenvalue weighted by Gasteiger charge is -2.22. The molecule has 12 aromatic rings. The molecule has 0 radical (unpaired) electrons. The molecule has 0 amide bonds. The molecule has 0 spiro atoms. The molecule has 6 heteroatoms. The Morgan fingerprint density at radius 2 is 1.08 bits per heavy atom. The van der Waals surface area contributed by atoms with Gasteiger partial charge >= 0.3 is 0 Å². The van der Waals surface area contributed by atoms with Gasteiger partial charge in [-0.2, -0.15) is 0 Å². The van der Waals surface area contributed by atoms with Gasteiger partial charge in [-0.15, -0.1) is 11.3 Å². The number of thiophene rings is 1. The third kappa shape index (κ3) is 6.28. The number of hydrogen-bond donors (Lipinski definition) is 0. The standard InChI is InChI=1S/C59H38N4OS/c1-35-23-32-48-46(33-35)53-47(55(60-48)39-13-4-2-5-14-39)34-50-54(44-18-8-10-21-49(44)64-50)52(53)38-28-24-36(25-29-38)37-26-30-41(31-27-37)58-61-57(40-15-6-3-7-16-40)62-59(63-58)45-20-12-19-43-42-17-9-11-22-51(42)65-56(43)45/h2-32,34-35H,33H2,1H3. The van der Waals surface area contributed by atoms with Crippen molar-refractivity contribution in [3.05, 3.63) is 199 Å². The van der Waals surface area contributed by atoms with Gasteiger partial charge in [0.05, 0.1) is 11.4 Å². The highest BCUT2D eigenvalue weighted by atomic mass is 32.1. The minimum absolute atomic E-state index is 0.398. The van der Waals surface area contributed by atoms with Crippen LogP contribution >= 0.6 is 11.3 Å². The van der Waals surface area contributed by atoms with Gasteiger partial charge in [0.15, 0.2) is 17.5 Å². The summed E-state index contributed by atoms with van der Waals surface area (Å²) in [5.41, 5.74) is 13.6. The Kier molecular flexibility index (Phi) is 8.68. The second kappa shape index (κ2) is 15.0. The molecule has 4 aromatic heterocycles. The summed E-state index contributed by atoms with van der Waals surface area (Å²) in [6.45, 7) is 2.29. The van der Waals surface area contributed by atoms with Crippen LogP contribution in [-0.4, -0.2) is 19.9 Å². The van der Waals surface area contributed by atoms with Crippen molar-refractivity contribution in [2.75, 3.05) is 0 Å². The van der Waals surface area contributed by atoms with Gasteiger partial charge in [0.25, 0.3) is 0 Å². The summed E-state index contributed by atoms with van der Waals surface area (Å²) in [5.74, 6) is 2.35. The van der Waals surface area contributed by atoms with Crippen molar-refractivity contribution >= 4 is 70.3 Å². The number of hydrogen-bond acceptors (Lipinski definition) is 6. The highest BCUT2D eigenvalue weighted by Gasteiger charge is 2.25. The van der Waals surface area contributed by atoms with Gasteiger partial charge in [0, 0.05) is 64.1 Å². The number of benzene rings is 8. The first-order valence-electron chi connectivity index (χ1n) is 22.1. The van der Waals surface area contributed by atoms with Crippen LogP contribution in [0.3, 0.4) is 0 Å². The molecule has 0 bridgehead atoms. The molecule has 65 heavy (non-hydrogen) atoms. The molecule has 0 saturated carbocycles. The minimum Gasteiger partial charge on any atom is -0.456 e. The number of furan rings is 1. The fraction of sp³-hybridized carbons (Fsp3) is 0.0508.